The lowest BCUT2D eigenvalue weighted by Gasteiger charge is -2.38. The molecule has 280 valence electrons. The molecule has 0 spiro atoms. The van der Waals surface area contributed by atoms with E-state index in [1.807, 2.05) is 76.2 Å². The molecule has 0 aliphatic heterocycles. The molecule has 4 amide bonds. The highest BCUT2D eigenvalue weighted by atomic mass is 35.5. The van der Waals surface area contributed by atoms with E-state index in [4.69, 9.17) is 16.3 Å². The van der Waals surface area contributed by atoms with Gasteiger partial charge in [-0.15, -0.1) is 0 Å². The summed E-state index contributed by atoms with van der Waals surface area (Å²) in [4.78, 5) is 42.1. The van der Waals surface area contributed by atoms with Gasteiger partial charge in [-0.3, -0.25) is 9.69 Å². The normalized spacial score (nSPS) is 11.7. The molecule has 11 heteroatoms. The van der Waals surface area contributed by atoms with Gasteiger partial charge in [-0.1, -0.05) is 84.4 Å². The summed E-state index contributed by atoms with van der Waals surface area (Å²) in [5.41, 5.74) is 3.30. The molecule has 0 aliphatic rings. The van der Waals surface area contributed by atoms with Gasteiger partial charge in [0, 0.05) is 47.4 Å². The number of anilines is 1. The number of nitrogens with one attached hydrogen (secondary N) is 2. The van der Waals surface area contributed by atoms with Crippen LogP contribution >= 0.6 is 11.6 Å². The van der Waals surface area contributed by atoms with Crippen LogP contribution in [0.25, 0.3) is 11.1 Å². The minimum atomic E-state index is -1.04. The van der Waals surface area contributed by atoms with Crippen molar-refractivity contribution in [2.75, 3.05) is 18.0 Å². The predicted molar refractivity (Wildman–Crippen MR) is 211 cm³/mol. The van der Waals surface area contributed by atoms with Crippen LogP contribution in [-0.4, -0.2) is 46.7 Å². The molecule has 54 heavy (non-hydrogen) atoms. The fraction of sp³-hybridized carbons (Fsp3) is 0.233. The highest BCUT2D eigenvalue weighted by Crippen LogP contribution is 2.38. The zero-order valence-electron chi connectivity index (χ0n) is 30.7. The molecule has 9 nitrogen and oxygen atoms in total. The Morgan fingerprint density at radius 3 is 2.20 bits per heavy atom. The third kappa shape index (κ3) is 10.2. The number of hydrogen-bond acceptors (Lipinski definition) is 4. The van der Waals surface area contributed by atoms with Crippen LogP contribution in [0.3, 0.4) is 0 Å². The number of halogens is 2. The quantitative estimate of drug-likeness (QED) is 0.104. The maximum atomic E-state index is 14.3. The molecule has 0 saturated carbocycles. The van der Waals surface area contributed by atoms with Crippen LogP contribution in [0.15, 0.2) is 121 Å². The van der Waals surface area contributed by atoms with E-state index in [-0.39, 0.29) is 25.5 Å². The van der Waals surface area contributed by atoms with Gasteiger partial charge in [0.25, 0.3) is 5.91 Å². The molecule has 5 rings (SSSR count). The van der Waals surface area contributed by atoms with Crippen LogP contribution in [0.4, 0.5) is 19.7 Å². The van der Waals surface area contributed by atoms with Crippen LogP contribution in [0.1, 0.15) is 61.6 Å². The van der Waals surface area contributed by atoms with E-state index in [0.717, 1.165) is 16.7 Å². The second kappa shape index (κ2) is 17.8. The predicted octanol–water partition coefficient (Wildman–Crippen LogP) is 10.3. The summed E-state index contributed by atoms with van der Waals surface area (Å²) in [6.45, 7) is 7.78. The van der Waals surface area contributed by atoms with Gasteiger partial charge in [0.15, 0.2) is 5.75 Å². The van der Waals surface area contributed by atoms with E-state index >= 15 is 0 Å². The first-order chi connectivity index (χ1) is 25.8. The molecule has 0 radical (unpaired) electrons. The Kier molecular flexibility index (Phi) is 12.9. The number of rotatable bonds is 13. The van der Waals surface area contributed by atoms with Gasteiger partial charge in [-0.05, 0) is 93.3 Å². The zero-order chi connectivity index (χ0) is 38.8. The minimum absolute atomic E-state index is 0.0259. The molecule has 0 fully saturated rings. The summed E-state index contributed by atoms with van der Waals surface area (Å²) in [5, 5.41) is 15.8. The van der Waals surface area contributed by atoms with E-state index in [2.05, 4.69) is 10.6 Å². The van der Waals surface area contributed by atoms with Crippen molar-refractivity contribution in [3.8, 4) is 22.6 Å². The zero-order valence-corrected chi connectivity index (χ0v) is 31.4. The summed E-state index contributed by atoms with van der Waals surface area (Å²) in [7, 11) is 0. The van der Waals surface area contributed by atoms with Crippen molar-refractivity contribution in [3.05, 3.63) is 149 Å². The summed E-state index contributed by atoms with van der Waals surface area (Å²) < 4.78 is 20.4. The molecule has 1 atom stereocenters. The van der Waals surface area contributed by atoms with Gasteiger partial charge in [-0.2, -0.15) is 0 Å². The van der Waals surface area contributed by atoms with Gasteiger partial charge >= 0.3 is 12.1 Å². The first-order valence-corrected chi connectivity index (χ1v) is 18.0. The molecular weight excluding hydrogens is 707 g/mol. The van der Waals surface area contributed by atoms with Crippen LogP contribution in [0.2, 0.25) is 5.02 Å². The van der Waals surface area contributed by atoms with Crippen LogP contribution in [0.5, 0.6) is 11.5 Å². The largest absolute Gasteiger partial charge is 0.465 e. The van der Waals surface area contributed by atoms with Gasteiger partial charge in [0.1, 0.15) is 11.6 Å². The highest BCUT2D eigenvalue weighted by molar-refractivity contribution is 6.30. The maximum Gasteiger partial charge on any atom is 0.408 e. The standard InChI is InChI=1S/C43H44ClFN4O5/c1-29(49(42(52)53)43(2,3)4)33-15-10-16-36(26-33)54-39-27-35(44)22-23-38(39)48(25-11-24-46-41(51)47-28-34-14-8-9-17-37(34)45)40(50)32-20-18-31(19-21-32)30-12-6-5-7-13-30/h5-10,12-23,26-27,29H,11,24-25,28H2,1-4H3,(H,52,53)(H2,46,47,51)/t29-/m0/s1. The van der Waals surface area contributed by atoms with Crippen LogP contribution < -0.4 is 20.3 Å². The number of carbonyl (C=O) groups is 3. The molecule has 3 N–H and O–H groups in total. The maximum absolute atomic E-state index is 14.3. The number of hydrogen-bond donors (Lipinski definition) is 3. The molecule has 0 bridgehead atoms. The lowest BCUT2D eigenvalue weighted by molar-refractivity contribution is 0.0752. The first-order valence-electron chi connectivity index (χ1n) is 17.6. The molecule has 0 aliphatic carbocycles. The van der Waals surface area contributed by atoms with Gasteiger partial charge < -0.3 is 25.4 Å². The van der Waals surface area contributed by atoms with Crippen LogP contribution in [0, 0.1) is 5.82 Å². The van der Waals surface area contributed by atoms with Crippen molar-refractivity contribution in [3.63, 3.8) is 0 Å². The van der Waals surface area contributed by atoms with Crippen molar-refractivity contribution >= 4 is 35.3 Å². The second-order valence-electron chi connectivity index (χ2n) is 13.7. The average molecular weight is 751 g/mol. The molecular formula is C43H44ClFN4O5. The van der Waals surface area contributed by atoms with Crippen molar-refractivity contribution in [1.82, 2.24) is 15.5 Å². The number of carbonyl (C=O) groups excluding carboxylic acids is 2. The number of carboxylic acid groups (broad SMARTS) is 1. The van der Waals surface area contributed by atoms with E-state index in [9.17, 15) is 23.9 Å². The molecule has 0 aromatic heterocycles. The van der Waals surface area contributed by atoms with E-state index in [1.165, 1.54) is 11.0 Å². The minimum Gasteiger partial charge on any atom is -0.465 e. The number of benzene rings is 5. The third-order valence-corrected chi connectivity index (χ3v) is 9.06. The van der Waals surface area contributed by atoms with Gasteiger partial charge in [-0.25, -0.2) is 14.0 Å². The Bertz CT molecular complexity index is 2070. The summed E-state index contributed by atoms with van der Waals surface area (Å²) >= 11 is 6.48. The Hall–Kier alpha value is -5.87. The Morgan fingerprint density at radius 2 is 1.52 bits per heavy atom. The smallest absolute Gasteiger partial charge is 0.408 e. The number of nitrogens with zero attached hydrogens (tertiary/aromatic N) is 2. The monoisotopic (exact) mass is 750 g/mol. The summed E-state index contributed by atoms with van der Waals surface area (Å²) in [6, 6.07) is 34.6. The first kappa shape index (κ1) is 39.3. The number of ether oxygens (including phenoxy) is 1. The lowest BCUT2D eigenvalue weighted by Crippen LogP contribution is -2.46. The summed E-state index contributed by atoms with van der Waals surface area (Å²) in [6.07, 6.45) is -0.671. The van der Waals surface area contributed by atoms with Crippen molar-refractivity contribution in [1.29, 1.82) is 0 Å². The number of urea groups is 1. The molecule has 0 unspecified atom stereocenters. The van der Waals surface area contributed by atoms with Gasteiger partial charge in [0.2, 0.25) is 0 Å². The summed E-state index contributed by atoms with van der Waals surface area (Å²) in [5.74, 6) is 0.0338. The fourth-order valence-electron chi connectivity index (χ4n) is 6.18. The molecule has 5 aromatic rings. The van der Waals surface area contributed by atoms with Gasteiger partial charge in [0.05, 0.1) is 11.7 Å². The third-order valence-electron chi connectivity index (χ3n) is 8.82. The van der Waals surface area contributed by atoms with Crippen LogP contribution in [-0.2, 0) is 6.54 Å². The van der Waals surface area contributed by atoms with E-state index < -0.39 is 29.5 Å². The number of amides is 4. The second-order valence-corrected chi connectivity index (χ2v) is 14.2. The SMILES string of the molecule is C[C@@H](c1cccc(Oc2cc(Cl)ccc2N(CCCNC(=O)NCc2ccccc2F)C(=O)c2ccc(-c3ccccc3)cc2)c1)N(C(=O)O)C(C)(C)C. The Balaban J connectivity index is 1.39. The van der Waals surface area contributed by atoms with Crippen molar-refractivity contribution < 1.29 is 28.6 Å². The van der Waals surface area contributed by atoms with Crippen molar-refractivity contribution in [2.24, 2.45) is 0 Å². The average Bonchev–Trinajstić information content (AvgIpc) is 3.14. The topological polar surface area (TPSA) is 111 Å². The molecule has 5 aromatic carbocycles. The molecule has 0 saturated heterocycles. The Morgan fingerprint density at radius 1 is 0.833 bits per heavy atom. The van der Waals surface area contributed by atoms with Crippen molar-refractivity contribution in [2.45, 2.75) is 52.2 Å². The highest BCUT2D eigenvalue weighted by Gasteiger charge is 2.32. The lowest BCUT2D eigenvalue weighted by atomic mass is 9.99. The fourth-order valence-corrected chi connectivity index (χ4v) is 6.34. The molecule has 0 heterocycles. The van der Waals surface area contributed by atoms with E-state index in [0.29, 0.717) is 39.8 Å². The van der Waals surface area contributed by atoms with E-state index in [1.54, 1.807) is 71.6 Å². The Labute approximate surface area is 320 Å².